The lowest BCUT2D eigenvalue weighted by Crippen LogP contribution is -2.26. The zero-order chi connectivity index (χ0) is 13.8. The number of nitrogen functional groups attached to an aromatic ring is 1. The molecule has 2 heterocycles. The molecular formula is C11H16N6OS. The number of rotatable bonds is 5. The van der Waals surface area contributed by atoms with Gasteiger partial charge in [-0.05, 0) is 6.42 Å². The van der Waals surface area contributed by atoms with Crippen molar-refractivity contribution in [1.29, 1.82) is 0 Å². The van der Waals surface area contributed by atoms with Gasteiger partial charge in [-0.15, -0.1) is 5.10 Å². The molecule has 19 heavy (non-hydrogen) atoms. The van der Waals surface area contributed by atoms with E-state index in [4.69, 9.17) is 5.73 Å². The van der Waals surface area contributed by atoms with Crippen LogP contribution in [0.25, 0.3) is 0 Å². The molecule has 8 heteroatoms. The molecule has 2 aromatic heterocycles. The zero-order valence-electron chi connectivity index (χ0n) is 10.9. The third-order valence-corrected chi connectivity index (χ3v) is 3.34. The first-order chi connectivity index (χ1) is 9.11. The Morgan fingerprint density at radius 2 is 2.32 bits per heavy atom. The summed E-state index contributed by atoms with van der Waals surface area (Å²) in [7, 11) is 1.94. The van der Waals surface area contributed by atoms with E-state index in [1.165, 1.54) is 4.68 Å². The van der Waals surface area contributed by atoms with Crippen LogP contribution in [0.2, 0.25) is 0 Å². The third kappa shape index (κ3) is 3.08. The zero-order valence-corrected chi connectivity index (χ0v) is 11.7. The number of hydrogen-bond acceptors (Lipinski definition) is 7. The van der Waals surface area contributed by atoms with Crippen LogP contribution < -0.4 is 16.2 Å². The molecule has 0 saturated heterocycles. The van der Waals surface area contributed by atoms with Crippen molar-refractivity contribution in [3.63, 3.8) is 0 Å². The van der Waals surface area contributed by atoms with Crippen molar-refractivity contribution in [3.05, 3.63) is 28.3 Å². The van der Waals surface area contributed by atoms with Crippen molar-refractivity contribution in [2.45, 2.75) is 19.9 Å². The molecule has 0 aliphatic rings. The Kier molecular flexibility index (Phi) is 4.10. The van der Waals surface area contributed by atoms with Crippen LogP contribution in [-0.4, -0.2) is 33.0 Å². The van der Waals surface area contributed by atoms with E-state index in [2.05, 4.69) is 21.6 Å². The van der Waals surface area contributed by atoms with Gasteiger partial charge in [0.25, 0.3) is 5.56 Å². The largest absolute Gasteiger partial charge is 0.388 e. The molecule has 0 aliphatic heterocycles. The molecule has 0 saturated carbocycles. The Bertz CT molecular complexity index is 607. The number of nitrogens with two attached hydrogens (primary N) is 1. The van der Waals surface area contributed by atoms with Gasteiger partial charge in [-0.1, -0.05) is 11.4 Å². The number of nitrogens with zero attached hydrogens (tertiary/aromatic N) is 5. The molecule has 7 nitrogen and oxygen atoms in total. The Hall–Kier alpha value is -1.96. The molecule has 2 rings (SSSR count). The minimum Gasteiger partial charge on any atom is -0.388 e. The van der Waals surface area contributed by atoms with E-state index in [0.29, 0.717) is 10.7 Å². The molecule has 0 unspecified atom stereocenters. The van der Waals surface area contributed by atoms with Gasteiger partial charge in [-0.3, -0.25) is 4.79 Å². The molecule has 0 radical (unpaired) electrons. The van der Waals surface area contributed by atoms with E-state index in [9.17, 15) is 4.79 Å². The van der Waals surface area contributed by atoms with Crippen molar-refractivity contribution >= 4 is 22.2 Å². The smallest absolute Gasteiger partial charge is 0.269 e. The predicted octanol–water partition coefficient (Wildman–Crippen LogP) is 0.572. The lowest BCUT2D eigenvalue weighted by molar-refractivity contribution is 0.625. The summed E-state index contributed by atoms with van der Waals surface area (Å²) < 4.78 is 5.06. The van der Waals surface area contributed by atoms with Crippen LogP contribution in [0.15, 0.2) is 17.1 Å². The summed E-state index contributed by atoms with van der Waals surface area (Å²) in [6, 6.07) is 1.57. The van der Waals surface area contributed by atoms with Crippen LogP contribution in [0, 0.1) is 0 Å². The average molecular weight is 280 g/mol. The summed E-state index contributed by atoms with van der Waals surface area (Å²) in [5.74, 6) is 0. The highest BCUT2D eigenvalue weighted by atomic mass is 32.1. The fourth-order valence-corrected chi connectivity index (χ4v) is 2.12. The van der Waals surface area contributed by atoms with E-state index in [1.54, 1.807) is 12.3 Å². The van der Waals surface area contributed by atoms with Gasteiger partial charge >= 0.3 is 0 Å². The Morgan fingerprint density at radius 3 is 2.89 bits per heavy atom. The van der Waals surface area contributed by atoms with Gasteiger partial charge in [0.15, 0.2) is 0 Å². The first kappa shape index (κ1) is 13.5. The number of hydrogen-bond donors (Lipinski definition) is 1. The molecule has 0 atom stereocenters. The van der Waals surface area contributed by atoms with Gasteiger partial charge in [0.05, 0.1) is 18.4 Å². The summed E-state index contributed by atoms with van der Waals surface area (Å²) in [4.78, 5) is 14.0. The maximum absolute atomic E-state index is 12.0. The quantitative estimate of drug-likeness (QED) is 0.861. The summed E-state index contributed by atoms with van der Waals surface area (Å²) in [5.41, 5.74) is 6.92. The normalized spacial score (nSPS) is 10.6. The van der Waals surface area contributed by atoms with Crippen LogP contribution >= 0.6 is 11.5 Å². The van der Waals surface area contributed by atoms with E-state index in [1.807, 2.05) is 11.9 Å². The summed E-state index contributed by atoms with van der Waals surface area (Å²) in [6.45, 7) is 3.22. The standard InChI is InChI=1S/C11H16N6OS/c1-3-4-16(2)8-5-10(18)17(13-6-8)7-9-11(12)19-15-14-9/h5-6H,3-4,7,12H2,1-2H3. The molecule has 0 bridgehead atoms. The molecule has 0 spiro atoms. The molecule has 2 aromatic rings. The van der Waals surface area contributed by atoms with E-state index < -0.39 is 0 Å². The van der Waals surface area contributed by atoms with Crippen LogP contribution in [0.4, 0.5) is 10.7 Å². The third-order valence-electron chi connectivity index (χ3n) is 2.74. The fourth-order valence-electron chi connectivity index (χ4n) is 1.68. The van der Waals surface area contributed by atoms with Crippen molar-refractivity contribution < 1.29 is 0 Å². The van der Waals surface area contributed by atoms with Crippen LogP contribution in [0.5, 0.6) is 0 Å². The molecule has 0 fully saturated rings. The van der Waals surface area contributed by atoms with Gasteiger partial charge in [-0.2, -0.15) is 5.10 Å². The number of anilines is 2. The van der Waals surface area contributed by atoms with Crippen molar-refractivity contribution in [1.82, 2.24) is 19.4 Å². The van der Waals surface area contributed by atoms with Gasteiger partial charge in [0, 0.05) is 31.2 Å². The van der Waals surface area contributed by atoms with Gasteiger partial charge in [0.1, 0.15) is 10.7 Å². The lowest BCUT2D eigenvalue weighted by atomic mass is 10.3. The summed E-state index contributed by atoms with van der Waals surface area (Å²) >= 11 is 1.11. The van der Waals surface area contributed by atoms with Gasteiger partial charge in [0.2, 0.25) is 0 Å². The fraction of sp³-hybridized carbons (Fsp3) is 0.455. The van der Waals surface area contributed by atoms with E-state index >= 15 is 0 Å². The molecule has 0 aliphatic carbocycles. The Morgan fingerprint density at radius 1 is 1.53 bits per heavy atom. The highest BCUT2D eigenvalue weighted by Gasteiger charge is 2.09. The van der Waals surface area contributed by atoms with E-state index in [-0.39, 0.29) is 12.1 Å². The summed E-state index contributed by atoms with van der Waals surface area (Å²) in [5, 5.41) is 8.53. The summed E-state index contributed by atoms with van der Waals surface area (Å²) in [6.07, 6.45) is 2.69. The Labute approximate surface area is 114 Å². The van der Waals surface area contributed by atoms with Crippen molar-refractivity contribution in [3.8, 4) is 0 Å². The van der Waals surface area contributed by atoms with Gasteiger partial charge < -0.3 is 10.6 Å². The highest BCUT2D eigenvalue weighted by molar-refractivity contribution is 7.09. The second-order valence-corrected chi connectivity index (χ2v) is 5.00. The Balaban J connectivity index is 2.20. The predicted molar refractivity (Wildman–Crippen MR) is 75.5 cm³/mol. The minimum atomic E-state index is -0.173. The van der Waals surface area contributed by atoms with E-state index in [0.717, 1.165) is 30.2 Å². The molecule has 0 aromatic carbocycles. The average Bonchev–Trinajstić information content (AvgIpc) is 2.78. The van der Waals surface area contributed by atoms with Crippen LogP contribution in [-0.2, 0) is 6.54 Å². The number of aromatic nitrogens is 4. The SMILES string of the molecule is CCCN(C)c1cnn(Cc2nnsc2N)c(=O)c1. The first-order valence-electron chi connectivity index (χ1n) is 5.96. The molecule has 0 amide bonds. The van der Waals surface area contributed by atoms with Crippen LogP contribution in [0.3, 0.4) is 0 Å². The maximum atomic E-state index is 12.0. The lowest BCUT2D eigenvalue weighted by Gasteiger charge is -2.17. The monoisotopic (exact) mass is 280 g/mol. The molecular weight excluding hydrogens is 264 g/mol. The second kappa shape index (κ2) is 5.79. The van der Waals surface area contributed by atoms with Gasteiger partial charge in [-0.25, -0.2) is 4.68 Å². The first-order valence-corrected chi connectivity index (χ1v) is 6.74. The van der Waals surface area contributed by atoms with Crippen LogP contribution in [0.1, 0.15) is 19.0 Å². The molecule has 2 N–H and O–H groups in total. The van der Waals surface area contributed by atoms with Crippen molar-refractivity contribution in [2.75, 3.05) is 24.2 Å². The minimum absolute atomic E-state index is 0.173. The topological polar surface area (TPSA) is 89.9 Å². The highest BCUT2D eigenvalue weighted by Crippen LogP contribution is 2.13. The van der Waals surface area contributed by atoms with Crippen molar-refractivity contribution in [2.24, 2.45) is 0 Å². The maximum Gasteiger partial charge on any atom is 0.269 e. The second-order valence-electron chi connectivity index (χ2n) is 4.22. The molecule has 102 valence electrons.